The third-order valence-electron chi connectivity index (χ3n) is 2.34. The molecule has 0 spiro atoms. The van der Waals surface area contributed by atoms with E-state index >= 15 is 0 Å². The largest absolute Gasteiger partial charge is 0.461 e. The number of fused-ring (bicyclic) bond motifs is 1. The minimum atomic E-state index is 0.862. The maximum atomic E-state index is 5.55. The van der Waals surface area contributed by atoms with Crippen molar-refractivity contribution in [1.82, 2.24) is 0 Å². The number of hydrogen-bond donors (Lipinski definition) is 0. The molecule has 1 aromatic carbocycles. The molecule has 0 radical (unpaired) electrons. The van der Waals surface area contributed by atoms with Gasteiger partial charge in [0.1, 0.15) is 11.3 Å². The standard InChI is InChI=1S/C12H10O/c1-4-10-5-6-11-8(2)9(3)13-12(11)7-10/h1,5-7H,2-3H3. The Balaban J connectivity index is 2.82. The predicted octanol–water partition coefficient (Wildman–Crippen LogP) is 3.03. The normalized spacial score (nSPS) is 10.2. The van der Waals surface area contributed by atoms with E-state index in [1.807, 2.05) is 25.1 Å². The Kier molecular flexibility index (Phi) is 1.63. The average molecular weight is 170 g/mol. The first-order valence-corrected chi connectivity index (χ1v) is 4.18. The van der Waals surface area contributed by atoms with Crippen LogP contribution in [0.1, 0.15) is 16.9 Å². The van der Waals surface area contributed by atoms with Gasteiger partial charge in [0.15, 0.2) is 0 Å². The molecule has 2 aromatic rings. The summed E-state index contributed by atoms with van der Waals surface area (Å²) in [6.45, 7) is 4.02. The molecule has 0 atom stereocenters. The van der Waals surface area contributed by atoms with E-state index in [9.17, 15) is 0 Å². The molecule has 1 aromatic heterocycles. The van der Waals surface area contributed by atoms with Crippen LogP contribution >= 0.6 is 0 Å². The molecule has 1 heteroatoms. The SMILES string of the molecule is C#Cc1ccc2c(C)c(C)oc2c1. The first-order valence-electron chi connectivity index (χ1n) is 4.18. The van der Waals surface area contributed by atoms with Gasteiger partial charge in [-0.2, -0.15) is 0 Å². The molecule has 0 aliphatic rings. The average Bonchev–Trinajstić information content (AvgIpc) is 2.42. The molecule has 0 unspecified atom stereocenters. The van der Waals surface area contributed by atoms with E-state index in [0.29, 0.717) is 0 Å². The lowest BCUT2D eigenvalue weighted by molar-refractivity contribution is 0.575. The lowest BCUT2D eigenvalue weighted by Crippen LogP contribution is -1.73. The Morgan fingerprint density at radius 2 is 2.08 bits per heavy atom. The highest BCUT2D eigenvalue weighted by atomic mass is 16.3. The first-order chi connectivity index (χ1) is 6.22. The maximum absolute atomic E-state index is 5.55. The lowest BCUT2D eigenvalue weighted by atomic mass is 10.1. The summed E-state index contributed by atoms with van der Waals surface area (Å²) in [4.78, 5) is 0. The van der Waals surface area contributed by atoms with Gasteiger partial charge in [0.25, 0.3) is 0 Å². The van der Waals surface area contributed by atoms with E-state index in [0.717, 1.165) is 22.3 Å². The molecule has 0 amide bonds. The van der Waals surface area contributed by atoms with Gasteiger partial charge in [0.2, 0.25) is 0 Å². The Hall–Kier alpha value is -1.68. The third-order valence-corrected chi connectivity index (χ3v) is 2.34. The van der Waals surface area contributed by atoms with Crippen LogP contribution in [0, 0.1) is 26.2 Å². The van der Waals surface area contributed by atoms with Crippen LogP contribution in [-0.4, -0.2) is 0 Å². The van der Waals surface area contributed by atoms with Crippen LogP contribution in [0.3, 0.4) is 0 Å². The Labute approximate surface area is 77.4 Å². The van der Waals surface area contributed by atoms with Crippen molar-refractivity contribution < 1.29 is 4.42 Å². The van der Waals surface area contributed by atoms with E-state index in [1.165, 1.54) is 5.56 Å². The first kappa shape index (κ1) is 7.94. The van der Waals surface area contributed by atoms with Crippen molar-refractivity contribution in [3.63, 3.8) is 0 Å². The van der Waals surface area contributed by atoms with Crippen LogP contribution in [0.15, 0.2) is 22.6 Å². The fourth-order valence-corrected chi connectivity index (χ4v) is 1.44. The second-order valence-corrected chi connectivity index (χ2v) is 3.14. The highest BCUT2D eigenvalue weighted by Gasteiger charge is 2.05. The number of furan rings is 1. The third kappa shape index (κ3) is 1.11. The molecule has 13 heavy (non-hydrogen) atoms. The van der Waals surface area contributed by atoms with Crippen LogP contribution in [0.4, 0.5) is 0 Å². The van der Waals surface area contributed by atoms with Crippen LogP contribution in [0.2, 0.25) is 0 Å². The number of hydrogen-bond acceptors (Lipinski definition) is 1. The van der Waals surface area contributed by atoms with Gasteiger partial charge in [-0.15, -0.1) is 6.42 Å². The van der Waals surface area contributed by atoms with Gasteiger partial charge in [-0.25, -0.2) is 0 Å². The monoisotopic (exact) mass is 170 g/mol. The molecular weight excluding hydrogens is 160 g/mol. The second kappa shape index (κ2) is 2.67. The van der Waals surface area contributed by atoms with E-state index in [2.05, 4.69) is 12.8 Å². The molecule has 1 heterocycles. The van der Waals surface area contributed by atoms with E-state index in [4.69, 9.17) is 10.8 Å². The highest BCUT2D eigenvalue weighted by Crippen LogP contribution is 2.24. The maximum Gasteiger partial charge on any atom is 0.135 e. The zero-order chi connectivity index (χ0) is 9.42. The quantitative estimate of drug-likeness (QED) is 0.554. The minimum Gasteiger partial charge on any atom is -0.461 e. The number of rotatable bonds is 0. The van der Waals surface area contributed by atoms with Crippen molar-refractivity contribution in [3.05, 3.63) is 35.1 Å². The second-order valence-electron chi connectivity index (χ2n) is 3.14. The molecule has 0 saturated carbocycles. The van der Waals surface area contributed by atoms with Gasteiger partial charge in [0.05, 0.1) is 0 Å². The molecule has 0 fully saturated rings. The fraction of sp³-hybridized carbons (Fsp3) is 0.167. The summed E-state index contributed by atoms with van der Waals surface area (Å²) >= 11 is 0. The molecular formula is C12H10O. The summed E-state index contributed by atoms with van der Waals surface area (Å²) in [7, 11) is 0. The van der Waals surface area contributed by atoms with Crippen molar-refractivity contribution in [2.45, 2.75) is 13.8 Å². The molecule has 0 aliphatic carbocycles. The van der Waals surface area contributed by atoms with Crippen LogP contribution < -0.4 is 0 Å². The van der Waals surface area contributed by atoms with Crippen LogP contribution in [-0.2, 0) is 0 Å². The molecule has 0 aliphatic heterocycles. The van der Waals surface area contributed by atoms with Gasteiger partial charge < -0.3 is 4.42 Å². The number of aryl methyl sites for hydroxylation is 2. The summed E-state index contributed by atoms with van der Waals surface area (Å²) in [6.07, 6.45) is 5.29. The smallest absolute Gasteiger partial charge is 0.135 e. The Bertz CT molecular complexity index is 498. The summed E-state index contributed by atoms with van der Waals surface area (Å²) < 4.78 is 5.55. The molecule has 0 bridgehead atoms. The molecule has 0 N–H and O–H groups in total. The topological polar surface area (TPSA) is 13.1 Å². The number of terminal acetylenes is 1. The van der Waals surface area contributed by atoms with Gasteiger partial charge in [-0.3, -0.25) is 0 Å². The minimum absolute atomic E-state index is 0.862. The molecule has 64 valence electrons. The van der Waals surface area contributed by atoms with E-state index in [1.54, 1.807) is 0 Å². The van der Waals surface area contributed by atoms with Gasteiger partial charge in [-0.1, -0.05) is 5.92 Å². The summed E-state index contributed by atoms with van der Waals surface area (Å²) in [5.74, 6) is 3.55. The van der Waals surface area contributed by atoms with Gasteiger partial charge in [-0.05, 0) is 37.6 Å². The van der Waals surface area contributed by atoms with Crippen molar-refractivity contribution in [3.8, 4) is 12.3 Å². The number of benzene rings is 1. The Morgan fingerprint density at radius 1 is 1.31 bits per heavy atom. The van der Waals surface area contributed by atoms with Crippen molar-refractivity contribution >= 4 is 11.0 Å². The zero-order valence-corrected chi connectivity index (χ0v) is 7.72. The predicted molar refractivity (Wildman–Crippen MR) is 53.6 cm³/mol. The van der Waals surface area contributed by atoms with Crippen LogP contribution in [0.25, 0.3) is 11.0 Å². The molecule has 0 saturated heterocycles. The van der Waals surface area contributed by atoms with Gasteiger partial charge >= 0.3 is 0 Å². The summed E-state index contributed by atoms with van der Waals surface area (Å²) in [5.41, 5.74) is 2.94. The van der Waals surface area contributed by atoms with E-state index < -0.39 is 0 Å². The lowest BCUT2D eigenvalue weighted by Gasteiger charge is -1.90. The van der Waals surface area contributed by atoms with Crippen LogP contribution in [0.5, 0.6) is 0 Å². The fourth-order valence-electron chi connectivity index (χ4n) is 1.44. The highest BCUT2D eigenvalue weighted by molar-refractivity contribution is 5.83. The van der Waals surface area contributed by atoms with Crippen molar-refractivity contribution in [2.24, 2.45) is 0 Å². The van der Waals surface area contributed by atoms with Gasteiger partial charge in [0, 0.05) is 10.9 Å². The molecule has 1 nitrogen and oxygen atoms in total. The Morgan fingerprint density at radius 3 is 2.77 bits per heavy atom. The van der Waals surface area contributed by atoms with E-state index in [-0.39, 0.29) is 0 Å². The zero-order valence-electron chi connectivity index (χ0n) is 7.72. The van der Waals surface area contributed by atoms with Crippen molar-refractivity contribution in [2.75, 3.05) is 0 Å². The molecule has 2 rings (SSSR count). The summed E-state index contributed by atoms with van der Waals surface area (Å²) in [5, 5.41) is 1.15. The summed E-state index contributed by atoms with van der Waals surface area (Å²) in [6, 6.07) is 5.84. The van der Waals surface area contributed by atoms with Crippen molar-refractivity contribution in [1.29, 1.82) is 0 Å².